The highest BCUT2D eigenvalue weighted by Crippen LogP contribution is 1.97. The zero-order valence-electron chi connectivity index (χ0n) is 4.10. The molecule has 1 N–H and O–H groups in total. The van der Waals surface area contributed by atoms with Crippen molar-refractivity contribution in [3.05, 3.63) is 0 Å². The van der Waals surface area contributed by atoms with Gasteiger partial charge in [0.1, 0.15) is 5.72 Å². The lowest BCUT2D eigenvalue weighted by molar-refractivity contribution is 0.0549. The van der Waals surface area contributed by atoms with Crippen LogP contribution in [0.1, 0.15) is 20.3 Å². The van der Waals surface area contributed by atoms with Crippen molar-refractivity contribution in [1.82, 2.24) is 5.73 Å². The summed E-state index contributed by atoms with van der Waals surface area (Å²) in [5.41, 5.74) is 6.92. The minimum absolute atomic E-state index is 0.382. The topological polar surface area (TPSA) is 42.5 Å². The lowest BCUT2D eigenvalue weighted by Crippen LogP contribution is -2.23. The van der Waals surface area contributed by atoms with Gasteiger partial charge in [-0.2, -0.15) is 0 Å². The largest absolute Gasteiger partial charge is 0.373 e. The molecule has 6 heavy (non-hydrogen) atoms. The van der Waals surface area contributed by atoms with Gasteiger partial charge in [0.25, 0.3) is 0 Å². The summed E-state index contributed by atoms with van der Waals surface area (Å²) in [6, 6.07) is 0. The van der Waals surface area contributed by atoms with Crippen molar-refractivity contribution in [1.29, 1.82) is 0 Å². The molecule has 0 heterocycles. The first kappa shape index (κ1) is 5.92. The fourth-order valence-corrected chi connectivity index (χ4v) is 0. The number of hydrogen-bond acceptors (Lipinski definition) is 1. The Kier molecular flexibility index (Phi) is 1.56. The van der Waals surface area contributed by atoms with Gasteiger partial charge in [-0.3, -0.25) is 0 Å². The summed E-state index contributed by atoms with van der Waals surface area (Å²) >= 11 is 0. The minimum Gasteiger partial charge on any atom is -0.373 e. The summed E-state index contributed by atoms with van der Waals surface area (Å²) in [6.45, 7) is 3.06. The van der Waals surface area contributed by atoms with E-state index in [4.69, 9.17) is 10.8 Å². The van der Waals surface area contributed by atoms with E-state index in [1.54, 1.807) is 6.92 Å². The van der Waals surface area contributed by atoms with E-state index < -0.39 is 5.72 Å². The second-order valence-corrected chi connectivity index (χ2v) is 1.57. The molecule has 0 amide bonds. The molecule has 0 aliphatic heterocycles. The molecule has 36 valence electrons. The molecule has 0 rings (SSSR count). The van der Waals surface area contributed by atoms with Gasteiger partial charge in [-0.15, -0.1) is 5.73 Å². The van der Waals surface area contributed by atoms with E-state index in [0.717, 1.165) is 0 Å². The van der Waals surface area contributed by atoms with Gasteiger partial charge in [0.15, 0.2) is 0 Å². The lowest BCUT2D eigenvalue weighted by Gasteiger charge is -2.07. The van der Waals surface area contributed by atoms with Crippen molar-refractivity contribution in [2.75, 3.05) is 0 Å². The summed E-state index contributed by atoms with van der Waals surface area (Å²) in [5.74, 6) is 0. The molecule has 2 nitrogen and oxygen atoms in total. The summed E-state index contributed by atoms with van der Waals surface area (Å²) in [6.07, 6.45) is 0.382. The summed E-state index contributed by atoms with van der Waals surface area (Å²) in [5, 5.41) is 8.38. The normalized spacial score (nSPS) is 20.0. The van der Waals surface area contributed by atoms with Crippen LogP contribution in [0.25, 0.3) is 0 Å². The quantitative estimate of drug-likeness (QED) is 0.487. The fraction of sp³-hybridized carbons (Fsp3) is 1.00. The SMILES string of the molecule is CCC(C)([N])O. The molecular weight excluding hydrogens is 78.0 g/mol. The third-order valence-corrected chi connectivity index (χ3v) is 0.670. The van der Waals surface area contributed by atoms with E-state index >= 15 is 0 Å². The molecule has 0 saturated heterocycles. The Morgan fingerprint density at radius 2 is 2.00 bits per heavy atom. The maximum Gasteiger partial charge on any atom is 0.145 e. The molecule has 0 aromatic carbocycles. The molecule has 0 fully saturated rings. The lowest BCUT2D eigenvalue weighted by atomic mass is 10.2. The van der Waals surface area contributed by atoms with Crippen LogP contribution in [-0.2, 0) is 0 Å². The Hall–Kier alpha value is -0.0800. The zero-order chi connectivity index (χ0) is 5.21. The smallest absolute Gasteiger partial charge is 0.145 e. The van der Waals surface area contributed by atoms with E-state index in [-0.39, 0.29) is 0 Å². The monoisotopic (exact) mass is 87.1 g/mol. The predicted molar refractivity (Wildman–Crippen MR) is 23.0 cm³/mol. The van der Waals surface area contributed by atoms with Crippen LogP contribution in [0.15, 0.2) is 0 Å². The number of rotatable bonds is 1. The van der Waals surface area contributed by atoms with Gasteiger partial charge in [-0.25, -0.2) is 0 Å². The highest BCUT2D eigenvalue weighted by Gasteiger charge is 2.09. The summed E-state index contributed by atoms with van der Waals surface area (Å²) < 4.78 is 0. The number of aliphatic hydroxyl groups is 1. The van der Waals surface area contributed by atoms with Gasteiger partial charge < -0.3 is 5.11 Å². The van der Waals surface area contributed by atoms with Crippen molar-refractivity contribution < 1.29 is 5.11 Å². The molecular formula is C4H9NO. The first-order valence-electron chi connectivity index (χ1n) is 2.01. The van der Waals surface area contributed by atoms with Crippen molar-refractivity contribution in [2.24, 2.45) is 0 Å². The highest BCUT2D eigenvalue weighted by molar-refractivity contribution is 4.55. The molecule has 0 spiro atoms. The Balaban J connectivity index is 3.17. The molecule has 2 heteroatoms. The molecule has 2 radical (unpaired) electrons. The van der Waals surface area contributed by atoms with E-state index in [1.165, 1.54) is 6.92 Å². The minimum atomic E-state index is -1.46. The first-order chi connectivity index (χ1) is 2.56. The molecule has 0 aromatic rings. The van der Waals surface area contributed by atoms with E-state index in [2.05, 4.69) is 0 Å². The van der Waals surface area contributed by atoms with Gasteiger partial charge in [0.2, 0.25) is 0 Å². The van der Waals surface area contributed by atoms with Crippen LogP contribution >= 0.6 is 0 Å². The zero-order valence-corrected chi connectivity index (χ0v) is 4.10. The Morgan fingerprint density at radius 3 is 2.00 bits per heavy atom. The van der Waals surface area contributed by atoms with E-state index in [9.17, 15) is 0 Å². The fourth-order valence-electron chi connectivity index (χ4n) is 0. The molecule has 0 bridgehead atoms. The van der Waals surface area contributed by atoms with Crippen molar-refractivity contribution in [3.63, 3.8) is 0 Å². The average molecular weight is 87.1 g/mol. The van der Waals surface area contributed by atoms with Crippen molar-refractivity contribution >= 4 is 0 Å². The third-order valence-electron chi connectivity index (χ3n) is 0.670. The van der Waals surface area contributed by atoms with Crippen LogP contribution in [0.5, 0.6) is 0 Å². The van der Waals surface area contributed by atoms with Crippen LogP contribution in [0, 0.1) is 0 Å². The molecule has 1 atom stereocenters. The Bertz CT molecular complexity index is 37.3. The maximum atomic E-state index is 8.38. The van der Waals surface area contributed by atoms with Gasteiger partial charge in [0.05, 0.1) is 0 Å². The maximum absolute atomic E-state index is 8.38. The summed E-state index contributed by atoms with van der Waals surface area (Å²) in [7, 11) is 0. The highest BCUT2D eigenvalue weighted by atomic mass is 16.3. The van der Waals surface area contributed by atoms with Gasteiger partial charge in [-0.05, 0) is 13.3 Å². The van der Waals surface area contributed by atoms with Crippen molar-refractivity contribution in [3.8, 4) is 0 Å². The second-order valence-electron chi connectivity index (χ2n) is 1.57. The van der Waals surface area contributed by atoms with Gasteiger partial charge >= 0.3 is 0 Å². The second kappa shape index (κ2) is 1.58. The van der Waals surface area contributed by atoms with Crippen LogP contribution in [0.2, 0.25) is 0 Å². The first-order valence-corrected chi connectivity index (χ1v) is 2.01. The number of nitrogens with zero attached hydrogens (tertiary/aromatic N) is 1. The summed E-state index contributed by atoms with van der Waals surface area (Å²) in [4.78, 5) is 0. The molecule has 1 unspecified atom stereocenters. The van der Waals surface area contributed by atoms with Gasteiger partial charge in [0, 0.05) is 0 Å². The standard InChI is InChI=1S/C4H9NO/c1-3-4(2,5)6/h6H,3H2,1-2H3. The predicted octanol–water partition coefficient (Wildman–Crippen LogP) is 0.174. The molecule has 0 aliphatic rings. The van der Waals surface area contributed by atoms with E-state index in [0.29, 0.717) is 6.42 Å². The Labute approximate surface area is 38.0 Å². The van der Waals surface area contributed by atoms with Crippen LogP contribution in [0.4, 0.5) is 0 Å². The van der Waals surface area contributed by atoms with E-state index in [1.807, 2.05) is 0 Å². The average Bonchev–Trinajstić information content (AvgIpc) is 1.35. The Morgan fingerprint density at radius 1 is 1.83 bits per heavy atom. The van der Waals surface area contributed by atoms with Crippen LogP contribution in [-0.4, -0.2) is 10.8 Å². The van der Waals surface area contributed by atoms with Gasteiger partial charge in [-0.1, -0.05) is 6.92 Å². The third kappa shape index (κ3) is 3.92. The van der Waals surface area contributed by atoms with Crippen LogP contribution < -0.4 is 5.73 Å². The van der Waals surface area contributed by atoms with Crippen LogP contribution in [0.3, 0.4) is 0 Å². The molecule has 0 aromatic heterocycles. The number of hydrogen-bond donors (Lipinski definition) is 1. The molecule has 0 aliphatic carbocycles. The molecule has 0 saturated carbocycles. The van der Waals surface area contributed by atoms with Crippen molar-refractivity contribution in [2.45, 2.75) is 26.0 Å².